The molecule has 26 heavy (non-hydrogen) atoms. The molecular weight excluding hydrogens is 358 g/mol. The van der Waals surface area contributed by atoms with E-state index in [9.17, 15) is 14.4 Å². The van der Waals surface area contributed by atoms with Gasteiger partial charge in [0.25, 0.3) is 0 Å². The van der Waals surface area contributed by atoms with Crippen LogP contribution in [0.5, 0.6) is 0 Å². The molecule has 0 saturated heterocycles. The van der Waals surface area contributed by atoms with Crippen LogP contribution < -0.4 is 5.32 Å². The highest BCUT2D eigenvalue weighted by molar-refractivity contribution is 7.99. The number of thioether (sulfide) groups is 1. The maximum atomic E-state index is 11.9. The van der Waals surface area contributed by atoms with Crippen molar-refractivity contribution in [2.24, 2.45) is 0 Å². The Morgan fingerprint density at radius 1 is 1.15 bits per heavy atom. The SMILES string of the molecule is CCOC(=O)NC(=O)CSc1nc2cc(C(=O)OCC)ccc2n1CC. The van der Waals surface area contributed by atoms with Crippen LogP contribution in [-0.2, 0) is 20.8 Å². The van der Waals surface area contributed by atoms with E-state index < -0.39 is 18.0 Å². The summed E-state index contributed by atoms with van der Waals surface area (Å²) in [4.78, 5) is 39.4. The quantitative estimate of drug-likeness (QED) is 0.583. The number of carbonyl (C=O) groups excluding carboxylic acids is 3. The number of benzene rings is 1. The number of imidazole rings is 1. The molecule has 1 N–H and O–H groups in total. The van der Waals surface area contributed by atoms with Crippen molar-refractivity contribution in [1.82, 2.24) is 14.9 Å². The monoisotopic (exact) mass is 379 g/mol. The van der Waals surface area contributed by atoms with Crippen molar-refractivity contribution in [1.29, 1.82) is 0 Å². The second-order valence-electron chi connectivity index (χ2n) is 5.12. The van der Waals surface area contributed by atoms with E-state index in [2.05, 4.69) is 15.0 Å². The summed E-state index contributed by atoms with van der Waals surface area (Å²) in [5.41, 5.74) is 1.93. The minimum Gasteiger partial charge on any atom is -0.462 e. The van der Waals surface area contributed by atoms with Gasteiger partial charge in [-0.05, 0) is 39.0 Å². The number of hydrogen-bond donors (Lipinski definition) is 1. The van der Waals surface area contributed by atoms with Gasteiger partial charge in [-0.1, -0.05) is 11.8 Å². The molecule has 1 heterocycles. The molecule has 0 bridgehead atoms. The molecule has 0 fully saturated rings. The topological polar surface area (TPSA) is 99.5 Å². The first kappa shape index (κ1) is 19.8. The summed E-state index contributed by atoms with van der Waals surface area (Å²) in [6, 6.07) is 5.17. The molecule has 0 aliphatic rings. The summed E-state index contributed by atoms with van der Waals surface area (Å²) < 4.78 is 11.6. The number of amides is 2. The molecule has 0 spiro atoms. The Morgan fingerprint density at radius 3 is 2.54 bits per heavy atom. The molecular formula is C17H21N3O5S. The van der Waals surface area contributed by atoms with Gasteiger partial charge in [-0.15, -0.1) is 0 Å². The minimum absolute atomic E-state index is 0.0207. The first-order chi connectivity index (χ1) is 12.5. The van der Waals surface area contributed by atoms with E-state index in [-0.39, 0.29) is 12.4 Å². The highest BCUT2D eigenvalue weighted by Crippen LogP contribution is 2.25. The van der Waals surface area contributed by atoms with Crippen LogP contribution in [0.1, 0.15) is 31.1 Å². The molecule has 0 aliphatic heterocycles. The number of alkyl carbamates (subject to hydrolysis) is 1. The first-order valence-corrected chi connectivity index (χ1v) is 9.25. The molecule has 2 rings (SSSR count). The van der Waals surface area contributed by atoms with E-state index >= 15 is 0 Å². The average molecular weight is 379 g/mol. The van der Waals surface area contributed by atoms with Crippen molar-refractivity contribution in [3.63, 3.8) is 0 Å². The second kappa shape index (κ2) is 9.23. The minimum atomic E-state index is -0.763. The van der Waals surface area contributed by atoms with Crippen molar-refractivity contribution in [3.05, 3.63) is 23.8 Å². The van der Waals surface area contributed by atoms with Gasteiger partial charge in [-0.25, -0.2) is 14.6 Å². The molecule has 0 saturated carbocycles. The molecule has 9 heteroatoms. The molecule has 0 aliphatic carbocycles. The van der Waals surface area contributed by atoms with Crippen LogP contribution in [0.25, 0.3) is 11.0 Å². The molecule has 8 nitrogen and oxygen atoms in total. The van der Waals surface area contributed by atoms with E-state index in [4.69, 9.17) is 4.74 Å². The van der Waals surface area contributed by atoms with E-state index in [1.807, 2.05) is 11.5 Å². The molecule has 1 aromatic carbocycles. The number of carbonyl (C=O) groups is 3. The van der Waals surface area contributed by atoms with E-state index in [0.29, 0.717) is 29.4 Å². The Labute approximate surface area is 155 Å². The fourth-order valence-electron chi connectivity index (χ4n) is 2.31. The number of nitrogens with one attached hydrogen (secondary N) is 1. The third kappa shape index (κ3) is 4.75. The predicted octanol–water partition coefficient (Wildman–Crippen LogP) is 2.60. The van der Waals surface area contributed by atoms with Crippen LogP contribution in [0.2, 0.25) is 0 Å². The van der Waals surface area contributed by atoms with Crippen LogP contribution >= 0.6 is 11.8 Å². The van der Waals surface area contributed by atoms with Gasteiger partial charge < -0.3 is 14.0 Å². The maximum absolute atomic E-state index is 11.9. The molecule has 2 aromatic rings. The van der Waals surface area contributed by atoms with Crippen molar-refractivity contribution in [3.8, 4) is 0 Å². The Morgan fingerprint density at radius 2 is 1.88 bits per heavy atom. The smallest absolute Gasteiger partial charge is 0.413 e. The summed E-state index contributed by atoms with van der Waals surface area (Å²) in [5, 5.41) is 2.77. The van der Waals surface area contributed by atoms with Gasteiger partial charge in [-0.2, -0.15) is 0 Å². The number of hydrogen-bond acceptors (Lipinski definition) is 7. The van der Waals surface area contributed by atoms with Crippen molar-refractivity contribution >= 4 is 40.8 Å². The van der Waals surface area contributed by atoms with Crippen LogP contribution in [0.4, 0.5) is 4.79 Å². The third-order valence-electron chi connectivity index (χ3n) is 3.39. The van der Waals surface area contributed by atoms with Crippen LogP contribution in [0.15, 0.2) is 23.4 Å². The standard InChI is InChI=1S/C17H21N3O5S/c1-4-20-13-8-7-11(15(22)24-5-2)9-12(13)18-16(20)26-10-14(21)19-17(23)25-6-3/h7-9H,4-6,10H2,1-3H3,(H,19,21,23). The molecule has 0 atom stereocenters. The van der Waals surface area contributed by atoms with Crippen molar-refractivity contribution < 1.29 is 23.9 Å². The van der Waals surface area contributed by atoms with Gasteiger partial charge in [0.15, 0.2) is 5.16 Å². The zero-order valence-corrected chi connectivity index (χ0v) is 15.7. The predicted molar refractivity (Wildman–Crippen MR) is 97.3 cm³/mol. The Hall–Kier alpha value is -2.55. The largest absolute Gasteiger partial charge is 0.462 e. The lowest BCUT2D eigenvalue weighted by atomic mass is 10.2. The molecule has 1 aromatic heterocycles. The molecule has 0 radical (unpaired) electrons. The van der Waals surface area contributed by atoms with E-state index in [1.54, 1.807) is 32.0 Å². The zero-order chi connectivity index (χ0) is 19.1. The summed E-state index contributed by atoms with van der Waals surface area (Å²) >= 11 is 1.21. The summed E-state index contributed by atoms with van der Waals surface area (Å²) in [6.45, 7) is 6.52. The summed E-state index contributed by atoms with van der Waals surface area (Å²) in [5.74, 6) is -0.841. The lowest BCUT2D eigenvalue weighted by molar-refractivity contribution is -0.117. The van der Waals surface area contributed by atoms with Gasteiger partial charge in [0.05, 0.1) is 35.6 Å². The van der Waals surface area contributed by atoms with E-state index in [0.717, 1.165) is 5.52 Å². The fraction of sp³-hybridized carbons (Fsp3) is 0.412. The lowest BCUT2D eigenvalue weighted by Gasteiger charge is -2.06. The van der Waals surface area contributed by atoms with Gasteiger partial charge >= 0.3 is 12.1 Å². The number of fused-ring (bicyclic) bond motifs is 1. The number of imide groups is 1. The van der Waals surface area contributed by atoms with Gasteiger partial charge in [0.1, 0.15) is 0 Å². The Bertz CT molecular complexity index is 818. The Kier molecular flexibility index (Phi) is 7.02. The van der Waals surface area contributed by atoms with Crippen LogP contribution in [0, 0.1) is 0 Å². The van der Waals surface area contributed by atoms with E-state index in [1.165, 1.54) is 11.8 Å². The van der Waals surface area contributed by atoms with Crippen molar-refractivity contribution in [2.45, 2.75) is 32.5 Å². The third-order valence-corrected chi connectivity index (χ3v) is 4.37. The molecule has 0 unspecified atom stereocenters. The summed E-state index contributed by atoms with van der Waals surface area (Å²) in [6.07, 6.45) is -0.763. The van der Waals surface area contributed by atoms with Crippen LogP contribution in [0.3, 0.4) is 0 Å². The molecule has 140 valence electrons. The number of aryl methyl sites for hydroxylation is 1. The lowest BCUT2D eigenvalue weighted by Crippen LogP contribution is -2.32. The fourth-order valence-corrected chi connectivity index (χ4v) is 3.19. The zero-order valence-electron chi connectivity index (χ0n) is 14.9. The number of aromatic nitrogens is 2. The Balaban J connectivity index is 2.15. The van der Waals surface area contributed by atoms with Crippen LogP contribution in [-0.4, -0.2) is 46.5 Å². The van der Waals surface area contributed by atoms with Gasteiger partial charge in [0.2, 0.25) is 5.91 Å². The molecule has 2 amide bonds. The highest BCUT2D eigenvalue weighted by Gasteiger charge is 2.16. The highest BCUT2D eigenvalue weighted by atomic mass is 32.2. The number of nitrogens with zero attached hydrogens (tertiary/aromatic N) is 2. The maximum Gasteiger partial charge on any atom is 0.413 e. The normalized spacial score (nSPS) is 10.6. The number of ether oxygens (including phenoxy) is 2. The first-order valence-electron chi connectivity index (χ1n) is 8.26. The summed E-state index contributed by atoms with van der Waals surface area (Å²) in [7, 11) is 0. The van der Waals surface area contributed by atoms with Gasteiger partial charge in [-0.3, -0.25) is 10.1 Å². The number of rotatable bonds is 7. The van der Waals surface area contributed by atoms with Crippen molar-refractivity contribution in [2.75, 3.05) is 19.0 Å². The number of esters is 1. The average Bonchev–Trinajstić information content (AvgIpc) is 2.96. The van der Waals surface area contributed by atoms with Gasteiger partial charge in [0, 0.05) is 6.54 Å². The second-order valence-corrected chi connectivity index (χ2v) is 6.06.